The molecule has 1 amide bonds. The first kappa shape index (κ1) is 12.0. The number of carbonyl (C=O) groups is 1. The van der Waals surface area contributed by atoms with Gasteiger partial charge in [-0.3, -0.25) is 4.79 Å². The number of benzene rings is 1. The van der Waals surface area contributed by atoms with E-state index < -0.39 is 0 Å². The summed E-state index contributed by atoms with van der Waals surface area (Å²) in [6, 6.07) is 6.63. The SMILES string of the molecule is CCC(=O)N1CCNC(c2ccccc2F)C1. The van der Waals surface area contributed by atoms with Crippen molar-refractivity contribution in [1.29, 1.82) is 0 Å². The quantitative estimate of drug-likeness (QED) is 0.847. The van der Waals surface area contributed by atoms with Crippen LogP contribution in [-0.4, -0.2) is 30.4 Å². The molecule has 1 aromatic carbocycles. The molecule has 1 aliphatic rings. The van der Waals surface area contributed by atoms with Crippen LogP contribution in [0.15, 0.2) is 24.3 Å². The van der Waals surface area contributed by atoms with Gasteiger partial charge in [0.05, 0.1) is 6.04 Å². The summed E-state index contributed by atoms with van der Waals surface area (Å²) in [5, 5.41) is 3.25. The first-order valence-corrected chi connectivity index (χ1v) is 5.98. The van der Waals surface area contributed by atoms with E-state index in [-0.39, 0.29) is 17.8 Å². The second kappa shape index (κ2) is 5.27. The Morgan fingerprint density at radius 3 is 3.00 bits per heavy atom. The standard InChI is InChI=1S/C13H17FN2O/c1-2-13(17)16-8-7-15-12(9-16)10-5-3-4-6-11(10)14/h3-6,12,15H,2,7-9H2,1H3. The first-order chi connectivity index (χ1) is 8.22. The summed E-state index contributed by atoms with van der Waals surface area (Å²) in [6.45, 7) is 3.82. The molecule has 0 radical (unpaired) electrons. The molecule has 1 aromatic rings. The molecule has 17 heavy (non-hydrogen) atoms. The molecule has 1 atom stereocenters. The van der Waals surface area contributed by atoms with Crippen LogP contribution >= 0.6 is 0 Å². The van der Waals surface area contributed by atoms with Crippen LogP contribution in [0.25, 0.3) is 0 Å². The highest BCUT2D eigenvalue weighted by Crippen LogP contribution is 2.20. The highest BCUT2D eigenvalue weighted by Gasteiger charge is 2.24. The fourth-order valence-electron chi connectivity index (χ4n) is 2.17. The minimum Gasteiger partial charge on any atom is -0.340 e. The molecule has 1 heterocycles. The van der Waals surface area contributed by atoms with Crippen LogP contribution in [0, 0.1) is 5.82 Å². The van der Waals surface area contributed by atoms with Crippen LogP contribution < -0.4 is 5.32 Å². The van der Waals surface area contributed by atoms with Crippen molar-refractivity contribution in [3.63, 3.8) is 0 Å². The summed E-state index contributed by atoms with van der Waals surface area (Å²) in [7, 11) is 0. The van der Waals surface area contributed by atoms with Crippen molar-refractivity contribution in [2.45, 2.75) is 19.4 Å². The molecule has 1 unspecified atom stereocenters. The van der Waals surface area contributed by atoms with E-state index in [9.17, 15) is 9.18 Å². The Hall–Kier alpha value is -1.42. The summed E-state index contributed by atoms with van der Waals surface area (Å²) in [5.74, 6) is -0.0800. The number of halogens is 1. The molecule has 1 aliphatic heterocycles. The van der Waals surface area contributed by atoms with Gasteiger partial charge in [0.15, 0.2) is 0 Å². The fourth-order valence-corrected chi connectivity index (χ4v) is 2.17. The van der Waals surface area contributed by atoms with Gasteiger partial charge < -0.3 is 10.2 Å². The first-order valence-electron chi connectivity index (χ1n) is 5.98. The van der Waals surface area contributed by atoms with E-state index in [0.717, 1.165) is 0 Å². The van der Waals surface area contributed by atoms with E-state index >= 15 is 0 Å². The number of nitrogens with zero attached hydrogens (tertiary/aromatic N) is 1. The second-order valence-corrected chi connectivity index (χ2v) is 4.22. The highest BCUT2D eigenvalue weighted by molar-refractivity contribution is 5.76. The lowest BCUT2D eigenvalue weighted by Gasteiger charge is -2.34. The average Bonchev–Trinajstić information content (AvgIpc) is 2.38. The Morgan fingerprint density at radius 2 is 2.29 bits per heavy atom. The van der Waals surface area contributed by atoms with Gasteiger partial charge in [-0.25, -0.2) is 4.39 Å². The maximum absolute atomic E-state index is 13.6. The van der Waals surface area contributed by atoms with Gasteiger partial charge in [-0.2, -0.15) is 0 Å². The monoisotopic (exact) mass is 236 g/mol. The second-order valence-electron chi connectivity index (χ2n) is 4.22. The lowest BCUT2D eigenvalue weighted by molar-refractivity contribution is -0.132. The van der Waals surface area contributed by atoms with Gasteiger partial charge in [0.2, 0.25) is 5.91 Å². The number of nitrogens with one attached hydrogen (secondary N) is 1. The van der Waals surface area contributed by atoms with E-state index in [4.69, 9.17) is 0 Å². The van der Waals surface area contributed by atoms with E-state index in [2.05, 4.69) is 5.32 Å². The number of piperazine rings is 1. The minimum atomic E-state index is -0.212. The number of amides is 1. The Balaban J connectivity index is 2.12. The molecule has 0 spiro atoms. The third kappa shape index (κ3) is 2.64. The zero-order valence-electron chi connectivity index (χ0n) is 9.95. The summed E-state index contributed by atoms with van der Waals surface area (Å²) >= 11 is 0. The summed E-state index contributed by atoms with van der Waals surface area (Å²) in [5.41, 5.74) is 0.640. The van der Waals surface area contributed by atoms with Crippen molar-refractivity contribution in [3.05, 3.63) is 35.6 Å². The number of hydrogen-bond donors (Lipinski definition) is 1. The molecule has 1 fully saturated rings. The van der Waals surface area contributed by atoms with Gasteiger partial charge in [0.25, 0.3) is 0 Å². The summed E-state index contributed by atoms with van der Waals surface area (Å²) in [4.78, 5) is 13.4. The maximum Gasteiger partial charge on any atom is 0.222 e. The molecular formula is C13H17FN2O. The van der Waals surface area contributed by atoms with Crippen molar-refractivity contribution in [2.75, 3.05) is 19.6 Å². The van der Waals surface area contributed by atoms with Crippen LogP contribution in [0.1, 0.15) is 24.9 Å². The third-order valence-corrected chi connectivity index (χ3v) is 3.11. The van der Waals surface area contributed by atoms with Crippen LogP contribution in [0.3, 0.4) is 0 Å². The van der Waals surface area contributed by atoms with Crippen LogP contribution in [0.2, 0.25) is 0 Å². The van der Waals surface area contributed by atoms with Crippen LogP contribution in [0.4, 0.5) is 4.39 Å². The molecule has 0 bridgehead atoms. The lowest BCUT2D eigenvalue weighted by Crippen LogP contribution is -2.48. The molecule has 1 N–H and O–H groups in total. The topological polar surface area (TPSA) is 32.3 Å². The van der Waals surface area contributed by atoms with E-state index in [0.29, 0.717) is 31.6 Å². The molecule has 0 saturated carbocycles. The van der Waals surface area contributed by atoms with E-state index in [1.807, 2.05) is 13.0 Å². The summed E-state index contributed by atoms with van der Waals surface area (Å²) in [6.07, 6.45) is 0.504. The Bertz CT molecular complexity index is 408. The molecule has 92 valence electrons. The van der Waals surface area contributed by atoms with Crippen molar-refractivity contribution in [3.8, 4) is 0 Å². The number of carbonyl (C=O) groups excluding carboxylic acids is 1. The van der Waals surface area contributed by atoms with Crippen molar-refractivity contribution >= 4 is 5.91 Å². The van der Waals surface area contributed by atoms with Gasteiger partial charge in [-0.1, -0.05) is 25.1 Å². The van der Waals surface area contributed by atoms with Gasteiger partial charge in [-0.15, -0.1) is 0 Å². The normalized spacial score (nSPS) is 20.4. The van der Waals surface area contributed by atoms with Gasteiger partial charge in [-0.05, 0) is 6.07 Å². The average molecular weight is 236 g/mol. The Kier molecular flexibility index (Phi) is 3.74. The fraction of sp³-hybridized carbons (Fsp3) is 0.462. The Labute approximate surface area is 101 Å². The Morgan fingerprint density at radius 1 is 1.53 bits per heavy atom. The minimum absolute atomic E-state index is 0.0968. The van der Waals surface area contributed by atoms with Crippen molar-refractivity contribution in [2.24, 2.45) is 0 Å². The van der Waals surface area contributed by atoms with Gasteiger partial charge in [0, 0.05) is 31.6 Å². The van der Waals surface area contributed by atoms with Gasteiger partial charge in [0.1, 0.15) is 5.82 Å². The molecule has 1 saturated heterocycles. The van der Waals surface area contributed by atoms with Crippen molar-refractivity contribution in [1.82, 2.24) is 10.2 Å². The predicted octanol–water partition coefficient (Wildman–Crippen LogP) is 1.71. The predicted molar refractivity (Wildman–Crippen MR) is 64.0 cm³/mol. The smallest absolute Gasteiger partial charge is 0.222 e. The third-order valence-electron chi connectivity index (χ3n) is 3.11. The van der Waals surface area contributed by atoms with Crippen LogP contribution in [-0.2, 0) is 4.79 Å². The molecule has 3 nitrogen and oxygen atoms in total. The molecular weight excluding hydrogens is 219 g/mol. The number of rotatable bonds is 2. The number of hydrogen-bond acceptors (Lipinski definition) is 2. The lowest BCUT2D eigenvalue weighted by atomic mass is 10.0. The maximum atomic E-state index is 13.6. The summed E-state index contributed by atoms with van der Waals surface area (Å²) < 4.78 is 13.6. The molecule has 2 rings (SSSR count). The van der Waals surface area contributed by atoms with E-state index in [1.165, 1.54) is 6.07 Å². The molecule has 0 aromatic heterocycles. The molecule has 4 heteroatoms. The highest BCUT2D eigenvalue weighted by atomic mass is 19.1. The van der Waals surface area contributed by atoms with Crippen LogP contribution in [0.5, 0.6) is 0 Å². The zero-order chi connectivity index (χ0) is 12.3. The van der Waals surface area contributed by atoms with Crippen molar-refractivity contribution < 1.29 is 9.18 Å². The van der Waals surface area contributed by atoms with Gasteiger partial charge >= 0.3 is 0 Å². The van der Waals surface area contributed by atoms with E-state index in [1.54, 1.807) is 17.0 Å². The zero-order valence-corrected chi connectivity index (χ0v) is 9.95. The molecule has 0 aliphatic carbocycles. The largest absolute Gasteiger partial charge is 0.340 e.